The van der Waals surface area contributed by atoms with E-state index < -0.39 is 5.97 Å². The summed E-state index contributed by atoms with van der Waals surface area (Å²) in [4.78, 5) is 14.3. The molecule has 4 rings (SSSR count). The van der Waals surface area contributed by atoms with E-state index >= 15 is 0 Å². The maximum Gasteiger partial charge on any atom is 0.337 e. The maximum absolute atomic E-state index is 11.4. The zero-order valence-electron chi connectivity index (χ0n) is 15.4. The van der Waals surface area contributed by atoms with Gasteiger partial charge >= 0.3 is 5.97 Å². The summed E-state index contributed by atoms with van der Waals surface area (Å²) in [5, 5.41) is 28.9. The van der Waals surface area contributed by atoms with Crippen LogP contribution in [0.5, 0.6) is 0 Å². The van der Waals surface area contributed by atoms with Gasteiger partial charge in [-0.15, -0.1) is 0 Å². The minimum absolute atomic E-state index is 0.0995. The fraction of sp³-hybridized carbons (Fsp3) is 0.273. The van der Waals surface area contributed by atoms with Crippen molar-refractivity contribution in [1.29, 1.82) is 5.26 Å². The molecule has 27 heavy (non-hydrogen) atoms. The van der Waals surface area contributed by atoms with E-state index in [2.05, 4.69) is 11.1 Å². The smallest absolute Gasteiger partial charge is 0.337 e. The van der Waals surface area contributed by atoms with Gasteiger partial charge in [0.25, 0.3) is 0 Å². The quantitative estimate of drug-likeness (QED) is 0.638. The number of carboxylic acid groups (broad SMARTS) is 1. The number of rotatable bonds is 4. The third-order valence-corrected chi connectivity index (χ3v) is 5.14. The minimum Gasteiger partial charge on any atom is -0.478 e. The number of hydrogen-bond acceptors (Lipinski definition) is 3. The van der Waals surface area contributed by atoms with E-state index in [1.165, 1.54) is 6.20 Å². The molecule has 1 fully saturated rings. The molecule has 0 radical (unpaired) electrons. The first-order chi connectivity index (χ1) is 13.1. The average molecular weight is 362 g/mol. The number of carboxylic acids is 1. The third-order valence-electron chi connectivity index (χ3n) is 5.14. The third kappa shape index (κ3) is 3.20. The van der Waals surface area contributed by atoms with Gasteiger partial charge in [-0.2, -0.15) is 5.26 Å². The van der Waals surface area contributed by atoms with E-state index in [0.717, 1.165) is 24.0 Å². The SMILES string of the molecule is CC.N#Cc1cc2[nH]cc(C(=O)O)c2cc1-c1ccc(C2(CO)CC2)cc1. The predicted octanol–water partition coefficient (Wildman–Crippen LogP) is 4.45. The van der Waals surface area contributed by atoms with Crippen LogP contribution in [0.4, 0.5) is 0 Å². The van der Waals surface area contributed by atoms with Gasteiger partial charge < -0.3 is 15.2 Å². The molecule has 5 heteroatoms. The number of aromatic carboxylic acids is 1. The summed E-state index contributed by atoms with van der Waals surface area (Å²) in [6.45, 7) is 4.15. The van der Waals surface area contributed by atoms with Crippen LogP contribution in [-0.4, -0.2) is 27.8 Å². The van der Waals surface area contributed by atoms with E-state index in [1.807, 2.05) is 38.1 Å². The monoisotopic (exact) mass is 362 g/mol. The number of aromatic amines is 1. The Kier molecular flexibility index (Phi) is 5.02. The normalized spacial score (nSPS) is 14.1. The summed E-state index contributed by atoms with van der Waals surface area (Å²) in [5.41, 5.74) is 3.87. The molecule has 1 heterocycles. The number of hydrogen-bond donors (Lipinski definition) is 3. The first kappa shape index (κ1) is 18.7. The molecule has 1 aromatic heterocycles. The van der Waals surface area contributed by atoms with Gasteiger partial charge in [0.2, 0.25) is 0 Å². The first-order valence-corrected chi connectivity index (χ1v) is 9.08. The minimum atomic E-state index is -1.00. The van der Waals surface area contributed by atoms with Crippen LogP contribution in [-0.2, 0) is 5.41 Å². The Bertz CT molecular complexity index is 1020. The molecule has 0 saturated heterocycles. The summed E-state index contributed by atoms with van der Waals surface area (Å²) in [5.74, 6) is -1.00. The van der Waals surface area contributed by atoms with E-state index in [-0.39, 0.29) is 17.6 Å². The van der Waals surface area contributed by atoms with Crippen molar-refractivity contribution in [3.05, 3.63) is 59.3 Å². The fourth-order valence-corrected chi connectivity index (χ4v) is 3.37. The molecule has 2 aromatic carbocycles. The lowest BCUT2D eigenvalue weighted by molar-refractivity contribution is 0.0699. The van der Waals surface area contributed by atoms with E-state index in [1.54, 1.807) is 12.1 Å². The Hall–Kier alpha value is -3.10. The van der Waals surface area contributed by atoms with Crippen molar-refractivity contribution in [3.63, 3.8) is 0 Å². The second kappa shape index (κ2) is 7.26. The zero-order valence-corrected chi connectivity index (χ0v) is 15.4. The summed E-state index contributed by atoms with van der Waals surface area (Å²) in [7, 11) is 0. The molecule has 0 spiro atoms. The van der Waals surface area contributed by atoms with E-state index in [4.69, 9.17) is 0 Å². The van der Waals surface area contributed by atoms with Gasteiger partial charge in [0.05, 0.1) is 23.8 Å². The van der Waals surface area contributed by atoms with Gasteiger partial charge in [0, 0.05) is 28.1 Å². The van der Waals surface area contributed by atoms with Crippen LogP contribution >= 0.6 is 0 Å². The summed E-state index contributed by atoms with van der Waals surface area (Å²) >= 11 is 0. The second-order valence-corrected chi connectivity index (χ2v) is 6.58. The lowest BCUT2D eigenvalue weighted by Crippen LogP contribution is -2.11. The number of nitrogens with zero attached hydrogens (tertiary/aromatic N) is 1. The molecule has 0 atom stereocenters. The van der Waals surface area contributed by atoms with Crippen LogP contribution in [0.1, 0.15) is 48.2 Å². The lowest BCUT2D eigenvalue weighted by atomic mass is 9.92. The maximum atomic E-state index is 11.4. The molecular weight excluding hydrogens is 340 g/mol. The van der Waals surface area contributed by atoms with Crippen molar-refractivity contribution in [2.75, 3.05) is 6.61 Å². The number of aliphatic hydroxyl groups excluding tert-OH is 1. The summed E-state index contributed by atoms with van der Waals surface area (Å²) in [6, 6.07) is 13.5. The molecular formula is C22H22N2O3. The van der Waals surface area contributed by atoms with Crippen LogP contribution in [0.15, 0.2) is 42.6 Å². The van der Waals surface area contributed by atoms with Crippen LogP contribution < -0.4 is 0 Å². The van der Waals surface area contributed by atoms with Crippen molar-refractivity contribution < 1.29 is 15.0 Å². The Balaban J connectivity index is 0.00000102. The summed E-state index contributed by atoms with van der Waals surface area (Å²) in [6.07, 6.45) is 3.42. The molecule has 0 unspecified atom stereocenters. The van der Waals surface area contributed by atoms with Gasteiger partial charge in [-0.05, 0) is 36.1 Å². The number of fused-ring (bicyclic) bond motifs is 1. The molecule has 0 aliphatic heterocycles. The lowest BCUT2D eigenvalue weighted by Gasteiger charge is -2.13. The second-order valence-electron chi connectivity index (χ2n) is 6.58. The van der Waals surface area contributed by atoms with Gasteiger partial charge in [-0.1, -0.05) is 38.1 Å². The summed E-state index contributed by atoms with van der Waals surface area (Å²) < 4.78 is 0. The molecule has 3 aromatic rings. The van der Waals surface area contributed by atoms with E-state index in [0.29, 0.717) is 22.0 Å². The van der Waals surface area contributed by atoms with E-state index in [9.17, 15) is 20.3 Å². The number of carbonyl (C=O) groups is 1. The fourth-order valence-electron chi connectivity index (χ4n) is 3.37. The number of benzene rings is 2. The molecule has 1 aliphatic rings. The highest BCUT2D eigenvalue weighted by atomic mass is 16.4. The molecule has 1 aliphatic carbocycles. The van der Waals surface area contributed by atoms with Crippen LogP contribution in [0.25, 0.3) is 22.0 Å². The standard InChI is InChI=1S/C20H16N2O3.C2H6/c21-9-13-7-18-16(17(10-22-18)19(24)25)8-15(13)12-1-3-14(4-2-12)20(11-23)5-6-20;1-2/h1-4,7-8,10,22-23H,5-6,11H2,(H,24,25);1-2H3. The van der Waals surface area contributed by atoms with Crippen molar-refractivity contribution in [1.82, 2.24) is 4.98 Å². The average Bonchev–Trinajstić information content (AvgIpc) is 3.40. The highest BCUT2D eigenvalue weighted by Crippen LogP contribution is 2.48. The number of aliphatic hydroxyl groups is 1. The molecule has 1 saturated carbocycles. The highest BCUT2D eigenvalue weighted by molar-refractivity contribution is 6.05. The van der Waals surface area contributed by atoms with Crippen LogP contribution in [0.3, 0.4) is 0 Å². The predicted molar refractivity (Wildman–Crippen MR) is 105 cm³/mol. The van der Waals surface area contributed by atoms with Gasteiger partial charge in [0.1, 0.15) is 0 Å². The molecule has 0 bridgehead atoms. The molecule has 3 N–H and O–H groups in total. The van der Waals surface area contributed by atoms with Gasteiger partial charge in [-0.3, -0.25) is 0 Å². The highest BCUT2D eigenvalue weighted by Gasteiger charge is 2.43. The van der Waals surface area contributed by atoms with Crippen LogP contribution in [0, 0.1) is 11.3 Å². The molecule has 0 amide bonds. The Labute approximate surface area is 157 Å². The Morgan fingerprint density at radius 3 is 2.41 bits per heavy atom. The van der Waals surface area contributed by atoms with Gasteiger partial charge in [-0.25, -0.2) is 4.79 Å². The van der Waals surface area contributed by atoms with Crippen molar-refractivity contribution >= 4 is 16.9 Å². The van der Waals surface area contributed by atoms with Crippen molar-refractivity contribution in [3.8, 4) is 17.2 Å². The van der Waals surface area contributed by atoms with Crippen molar-refractivity contribution in [2.24, 2.45) is 0 Å². The van der Waals surface area contributed by atoms with Crippen LogP contribution in [0.2, 0.25) is 0 Å². The number of aromatic nitrogens is 1. The molecule has 5 nitrogen and oxygen atoms in total. The number of H-pyrrole nitrogens is 1. The Morgan fingerprint density at radius 1 is 1.22 bits per heavy atom. The number of nitriles is 1. The Morgan fingerprint density at radius 2 is 1.89 bits per heavy atom. The topological polar surface area (TPSA) is 97.1 Å². The largest absolute Gasteiger partial charge is 0.478 e. The van der Waals surface area contributed by atoms with Gasteiger partial charge in [0.15, 0.2) is 0 Å². The zero-order chi connectivity index (χ0) is 19.6. The first-order valence-electron chi connectivity index (χ1n) is 9.08. The number of nitrogens with one attached hydrogen (secondary N) is 1. The van der Waals surface area contributed by atoms with Crippen molar-refractivity contribution in [2.45, 2.75) is 32.1 Å². The molecule has 138 valence electrons.